The number of nitrogens with two attached hydrogens (primary N) is 1. The maximum Gasteiger partial charge on any atom is 0.267 e. The maximum atomic E-state index is 12.1. The van der Waals surface area contributed by atoms with Crippen LogP contribution in [0.5, 0.6) is 5.75 Å². The van der Waals surface area contributed by atoms with E-state index >= 15 is 0 Å². The molecule has 7 nitrogen and oxygen atoms in total. The zero-order valence-electron chi connectivity index (χ0n) is 12.0. The average molecular weight is 344 g/mol. The first-order valence-corrected chi connectivity index (χ1v) is 7.19. The van der Waals surface area contributed by atoms with Crippen molar-refractivity contribution in [1.29, 1.82) is 0 Å². The van der Waals surface area contributed by atoms with Crippen molar-refractivity contribution in [1.82, 2.24) is 14.8 Å². The number of carbonyl (C=O) groups is 1. The Morgan fingerprint density at radius 2 is 2.23 bits per heavy atom. The van der Waals surface area contributed by atoms with E-state index in [4.69, 9.17) is 33.7 Å². The number of aromatic nitrogens is 3. The van der Waals surface area contributed by atoms with E-state index in [1.54, 1.807) is 32.2 Å². The summed E-state index contributed by atoms with van der Waals surface area (Å²) >= 11 is 11.8. The second-order valence-corrected chi connectivity index (χ2v) is 5.35. The third-order valence-electron chi connectivity index (χ3n) is 2.79. The predicted molar refractivity (Wildman–Crippen MR) is 84.1 cm³/mol. The molecule has 0 saturated carbocycles. The number of ether oxygens (including phenoxy) is 1. The molecule has 0 unspecified atom stereocenters. The summed E-state index contributed by atoms with van der Waals surface area (Å²) in [5.41, 5.74) is 5.45. The summed E-state index contributed by atoms with van der Waals surface area (Å²) in [6, 6.07) is 4.77. The van der Waals surface area contributed by atoms with Crippen molar-refractivity contribution in [3.05, 3.63) is 34.1 Å². The SMILES string of the molecule is C[C@H](Oc1ccc(Cl)cc1Cl)C(=O)Nc1nc(CN)nn1C. The van der Waals surface area contributed by atoms with Gasteiger partial charge in [0.25, 0.3) is 5.91 Å². The van der Waals surface area contributed by atoms with Crippen LogP contribution in [0.25, 0.3) is 0 Å². The van der Waals surface area contributed by atoms with Crippen molar-refractivity contribution in [3.8, 4) is 5.75 Å². The second-order valence-electron chi connectivity index (χ2n) is 4.50. The van der Waals surface area contributed by atoms with Crippen molar-refractivity contribution in [3.63, 3.8) is 0 Å². The van der Waals surface area contributed by atoms with Crippen molar-refractivity contribution in [2.45, 2.75) is 19.6 Å². The molecule has 0 aliphatic carbocycles. The van der Waals surface area contributed by atoms with Gasteiger partial charge in [-0.2, -0.15) is 10.1 Å². The van der Waals surface area contributed by atoms with Gasteiger partial charge in [0.1, 0.15) is 5.75 Å². The highest BCUT2D eigenvalue weighted by Gasteiger charge is 2.19. The van der Waals surface area contributed by atoms with Crippen LogP contribution in [0.2, 0.25) is 10.0 Å². The smallest absolute Gasteiger partial charge is 0.267 e. The molecule has 1 aromatic heterocycles. The van der Waals surface area contributed by atoms with Crippen LogP contribution in [0, 0.1) is 0 Å². The van der Waals surface area contributed by atoms with Gasteiger partial charge in [0.15, 0.2) is 11.9 Å². The summed E-state index contributed by atoms with van der Waals surface area (Å²) in [7, 11) is 1.66. The Hall–Kier alpha value is -1.83. The Bertz CT molecular complexity index is 689. The molecular formula is C13H15Cl2N5O2. The van der Waals surface area contributed by atoms with E-state index in [1.807, 2.05) is 0 Å². The number of amides is 1. The van der Waals surface area contributed by atoms with Gasteiger partial charge in [0.2, 0.25) is 5.95 Å². The standard InChI is InChI=1S/C13H15Cl2N5O2/c1-7(22-10-4-3-8(14)5-9(10)15)12(21)18-13-17-11(6-16)19-20(13)2/h3-5,7H,6,16H2,1-2H3,(H,17,18,19,21)/t7-/m0/s1. The number of halogens is 2. The van der Waals surface area contributed by atoms with Gasteiger partial charge in [0.05, 0.1) is 11.6 Å². The minimum absolute atomic E-state index is 0.191. The summed E-state index contributed by atoms with van der Waals surface area (Å²) in [6.45, 7) is 1.79. The van der Waals surface area contributed by atoms with Gasteiger partial charge in [-0.25, -0.2) is 4.68 Å². The van der Waals surface area contributed by atoms with E-state index < -0.39 is 6.10 Å². The van der Waals surface area contributed by atoms with Crippen molar-refractivity contribution >= 4 is 35.1 Å². The van der Waals surface area contributed by atoms with Crippen LogP contribution in [-0.4, -0.2) is 26.8 Å². The van der Waals surface area contributed by atoms with Crippen molar-refractivity contribution in [2.75, 3.05) is 5.32 Å². The molecule has 0 aliphatic rings. The molecule has 118 valence electrons. The summed E-state index contributed by atoms with van der Waals surface area (Å²) in [5, 5.41) is 7.47. The van der Waals surface area contributed by atoms with Crippen LogP contribution in [-0.2, 0) is 18.4 Å². The Kier molecular flexibility index (Phi) is 5.23. The molecule has 0 bridgehead atoms. The number of carbonyl (C=O) groups excluding carboxylic acids is 1. The van der Waals surface area contributed by atoms with Gasteiger partial charge in [-0.3, -0.25) is 10.1 Å². The van der Waals surface area contributed by atoms with Gasteiger partial charge in [-0.15, -0.1) is 0 Å². The molecular weight excluding hydrogens is 329 g/mol. The fourth-order valence-electron chi connectivity index (χ4n) is 1.66. The molecule has 2 rings (SSSR count). The highest BCUT2D eigenvalue weighted by atomic mass is 35.5. The molecule has 9 heteroatoms. The Morgan fingerprint density at radius 1 is 1.50 bits per heavy atom. The third kappa shape index (κ3) is 3.88. The number of aryl methyl sites for hydroxylation is 1. The van der Waals surface area contributed by atoms with Crippen LogP contribution in [0.3, 0.4) is 0 Å². The number of benzene rings is 1. The average Bonchev–Trinajstić information content (AvgIpc) is 2.82. The molecule has 22 heavy (non-hydrogen) atoms. The zero-order chi connectivity index (χ0) is 16.3. The molecule has 1 aromatic carbocycles. The predicted octanol–water partition coefficient (Wildman–Crippen LogP) is 1.99. The van der Waals surface area contributed by atoms with E-state index in [2.05, 4.69) is 15.4 Å². The molecule has 0 radical (unpaired) electrons. The molecule has 0 fully saturated rings. The lowest BCUT2D eigenvalue weighted by atomic mass is 10.3. The Balaban J connectivity index is 2.04. The second kappa shape index (κ2) is 6.95. The molecule has 0 aliphatic heterocycles. The fraction of sp³-hybridized carbons (Fsp3) is 0.308. The molecule has 3 N–H and O–H groups in total. The Morgan fingerprint density at radius 3 is 2.82 bits per heavy atom. The molecule has 1 heterocycles. The van der Waals surface area contributed by atoms with E-state index in [0.29, 0.717) is 27.6 Å². The minimum atomic E-state index is -0.781. The lowest BCUT2D eigenvalue weighted by Crippen LogP contribution is -2.31. The quantitative estimate of drug-likeness (QED) is 0.865. The molecule has 2 aromatic rings. The maximum absolute atomic E-state index is 12.1. The summed E-state index contributed by atoms with van der Waals surface area (Å²) in [6.07, 6.45) is -0.781. The highest BCUT2D eigenvalue weighted by Crippen LogP contribution is 2.28. The normalized spacial score (nSPS) is 12.0. The zero-order valence-corrected chi connectivity index (χ0v) is 13.5. The molecule has 0 spiro atoms. The molecule has 1 atom stereocenters. The lowest BCUT2D eigenvalue weighted by molar-refractivity contribution is -0.122. The first-order chi connectivity index (χ1) is 10.4. The van der Waals surface area contributed by atoms with E-state index in [9.17, 15) is 4.79 Å². The number of rotatable bonds is 5. The highest BCUT2D eigenvalue weighted by molar-refractivity contribution is 6.35. The summed E-state index contributed by atoms with van der Waals surface area (Å²) in [5.74, 6) is 0.717. The van der Waals surface area contributed by atoms with Crippen LogP contribution in [0.4, 0.5) is 5.95 Å². The van der Waals surface area contributed by atoms with Gasteiger partial charge < -0.3 is 10.5 Å². The monoisotopic (exact) mass is 343 g/mol. The number of anilines is 1. The first kappa shape index (κ1) is 16.5. The van der Waals surface area contributed by atoms with Crippen molar-refractivity contribution in [2.24, 2.45) is 12.8 Å². The van der Waals surface area contributed by atoms with Crippen molar-refractivity contribution < 1.29 is 9.53 Å². The first-order valence-electron chi connectivity index (χ1n) is 6.43. The third-order valence-corrected chi connectivity index (χ3v) is 3.32. The number of nitrogens with zero attached hydrogens (tertiary/aromatic N) is 3. The van der Waals surface area contributed by atoms with E-state index in [1.165, 1.54) is 4.68 Å². The minimum Gasteiger partial charge on any atom is -0.479 e. The molecule has 1 amide bonds. The fourth-order valence-corrected chi connectivity index (χ4v) is 2.11. The van der Waals surface area contributed by atoms with Crippen LogP contribution in [0.15, 0.2) is 18.2 Å². The number of hydrogen-bond donors (Lipinski definition) is 2. The van der Waals surface area contributed by atoms with Crippen LogP contribution in [0.1, 0.15) is 12.7 Å². The van der Waals surface area contributed by atoms with Gasteiger partial charge in [-0.1, -0.05) is 23.2 Å². The van der Waals surface area contributed by atoms with Crippen LogP contribution >= 0.6 is 23.2 Å². The largest absolute Gasteiger partial charge is 0.479 e. The Labute approximate surface area is 137 Å². The summed E-state index contributed by atoms with van der Waals surface area (Å²) < 4.78 is 6.95. The lowest BCUT2D eigenvalue weighted by Gasteiger charge is -2.15. The summed E-state index contributed by atoms with van der Waals surface area (Å²) in [4.78, 5) is 16.2. The number of nitrogens with one attached hydrogen (secondary N) is 1. The molecule has 0 saturated heterocycles. The van der Waals surface area contributed by atoms with E-state index in [-0.39, 0.29) is 12.5 Å². The number of hydrogen-bond acceptors (Lipinski definition) is 5. The van der Waals surface area contributed by atoms with Gasteiger partial charge in [0, 0.05) is 12.1 Å². The van der Waals surface area contributed by atoms with E-state index in [0.717, 1.165) is 0 Å². The van der Waals surface area contributed by atoms with Gasteiger partial charge >= 0.3 is 0 Å². The topological polar surface area (TPSA) is 95.1 Å². The van der Waals surface area contributed by atoms with Gasteiger partial charge in [-0.05, 0) is 25.1 Å². The van der Waals surface area contributed by atoms with Crippen LogP contribution < -0.4 is 15.8 Å².